The molecule has 0 aliphatic carbocycles. The summed E-state index contributed by atoms with van der Waals surface area (Å²) < 4.78 is 5.37. The number of ether oxygens (including phenoxy) is 1. The quantitative estimate of drug-likeness (QED) is 0.367. The summed E-state index contributed by atoms with van der Waals surface area (Å²) in [5.41, 5.74) is 3.08. The average Bonchev–Trinajstić information content (AvgIpc) is 2.55. The highest BCUT2D eigenvalue weighted by Gasteiger charge is 2.33. The van der Waals surface area contributed by atoms with Gasteiger partial charge in [0.15, 0.2) is 5.78 Å². The predicted octanol–water partition coefficient (Wildman–Crippen LogP) is 4.64. The zero-order valence-corrected chi connectivity index (χ0v) is 18.6. The molecule has 26 heavy (non-hydrogen) atoms. The third-order valence-electron chi connectivity index (χ3n) is 4.23. The largest absolute Gasteiger partial charge is 0.444 e. The number of nitrogens with one attached hydrogen (secondary N) is 2. The molecule has 2 unspecified atom stereocenters. The van der Waals surface area contributed by atoms with Crippen LogP contribution in [0.3, 0.4) is 0 Å². The summed E-state index contributed by atoms with van der Waals surface area (Å²) in [5, 5.41) is 10.8. The first-order valence-corrected chi connectivity index (χ1v) is 12.5. The second-order valence-electron chi connectivity index (χ2n) is 7.37. The lowest BCUT2D eigenvalue weighted by atomic mass is 9.85. The van der Waals surface area contributed by atoms with E-state index in [0.29, 0.717) is 19.3 Å². The molecule has 1 amide bonds. The molecule has 1 aromatic carbocycles. The van der Waals surface area contributed by atoms with E-state index >= 15 is 0 Å². The third-order valence-corrected chi connectivity index (χ3v) is 5.40. The number of halogens is 1. The van der Waals surface area contributed by atoms with Crippen LogP contribution in [0.15, 0.2) is 12.1 Å². The summed E-state index contributed by atoms with van der Waals surface area (Å²) in [4.78, 5) is 26.4. The molecule has 1 fully saturated rings. The fourth-order valence-electron chi connectivity index (χ4n) is 3.04. The van der Waals surface area contributed by atoms with Crippen molar-refractivity contribution in [2.75, 3.05) is 18.2 Å². The van der Waals surface area contributed by atoms with Crippen LogP contribution in [0.25, 0.3) is 0 Å². The van der Waals surface area contributed by atoms with Crippen LogP contribution in [-0.4, -0.2) is 41.7 Å². The van der Waals surface area contributed by atoms with E-state index in [1.54, 1.807) is 0 Å². The number of anilines is 1. The lowest BCUT2D eigenvalue weighted by Crippen LogP contribution is -2.45. The second-order valence-corrected chi connectivity index (χ2v) is 9.43. The van der Waals surface area contributed by atoms with Gasteiger partial charge in [0.2, 0.25) is 0 Å². The number of amides is 1. The Bertz CT molecular complexity index is 718. The molecule has 0 radical (unpaired) electrons. The summed E-state index contributed by atoms with van der Waals surface area (Å²) in [7, 11) is 0. The van der Waals surface area contributed by atoms with Crippen LogP contribution in [-0.2, 0) is 9.53 Å². The minimum absolute atomic E-state index is 0.0238. The van der Waals surface area contributed by atoms with Crippen molar-refractivity contribution in [3.63, 3.8) is 0 Å². The first-order chi connectivity index (χ1) is 12.2. The third kappa shape index (κ3) is 5.16. The molecule has 0 saturated carbocycles. The summed E-state index contributed by atoms with van der Waals surface area (Å²) in [6, 6.07) is 3.92. The van der Waals surface area contributed by atoms with Crippen LogP contribution >= 0.6 is 28.4 Å². The van der Waals surface area contributed by atoms with Gasteiger partial charge in [-0.2, -0.15) is 0 Å². The highest BCUT2D eigenvalue weighted by molar-refractivity contribution is 14.2. The molecule has 0 aromatic heterocycles. The van der Waals surface area contributed by atoms with Gasteiger partial charge in [-0.05, 0) is 79.4 Å². The van der Waals surface area contributed by atoms with E-state index < -0.39 is 11.7 Å². The molecule has 1 aliphatic heterocycles. The fraction of sp³-hybridized carbons (Fsp3) is 0.500. The molecule has 0 spiro atoms. The summed E-state index contributed by atoms with van der Waals surface area (Å²) in [5.74, 6) is -0.206. The maximum Gasteiger partial charge on any atom is 0.410 e. The van der Waals surface area contributed by atoms with Crippen molar-refractivity contribution in [1.29, 1.82) is 5.41 Å². The summed E-state index contributed by atoms with van der Waals surface area (Å²) in [6.45, 7) is 7.98. The van der Waals surface area contributed by atoms with Crippen LogP contribution in [0.2, 0.25) is 0 Å². The fourth-order valence-corrected chi connectivity index (χ4v) is 4.23. The van der Waals surface area contributed by atoms with Gasteiger partial charge < -0.3 is 20.1 Å². The van der Waals surface area contributed by atoms with E-state index in [4.69, 9.17) is 10.1 Å². The highest BCUT2D eigenvalue weighted by Crippen LogP contribution is 2.34. The number of hydrogen-bond acceptors (Lipinski definition) is 5. The average molecular weight is 489 g/mol. The van der Waals surface area contributed by atoms with Crippen LogP contribution in [0, 0.1) is 12.3 Å². The first kappa shape index (κ1) is 21.1. The number of ketones is 1. The van der Waals surface area contributed by atoms with Gasteiger partial charge >= 0.3 is 6.09 Å². The Balaban J connectivity index is 2.19. The van der Waals surface area contributed by atoms with Gasteiger partial charge in [-0.3, -0.25) is 4.79 Å². The van der Waals surface area contributed by atoms with Crippen molar-refractivity contribution in [2.24, 2.45) is 0 Å². The standard InChI is InChI=1S/C18H25IN3O3P/c1-11-7-12(9-20)15(21-26-19)8-14(11)13-5-6-22(10-16(13)23)17(24)25-18(2,3)4/h7-9,13,20-21,26H,5-6,10H2,1-4H3. The number of nitrogens with zero attached hydrogens (tertiary/aromatic N) is 1. The molecular weight excluding hydrogens is 464 g/mol. The van der Waals surface area contributed by atoms with Crippen LogP contribution < -0.4 is 5.09 Å². The molecule has 2 N–H and O–H groups in total. The minimum Gasteiger partial charge on any atom is -0.444 e. The highest BCUT2D eigenvalue weighted by atomic mass is 127. The molecule has 1 aliphatic rings. The van der Waals surface area contributed by atoms with E-state index in [2.05, 4.69) is 27.1 Å². The number of Topliss-reactive ketones (excluding diaryl/α,β-unsaturated/α-hetero) is 1. The van der Waals surface area contributed by atoms with E-state index in [1.807, 2.05) is 39.8 Å². The van der Waals surface area contributed by atoms with Crippen LogP contribution in [0.1, 0.15) is 49.8 Å². The van der Waals surface area contributed by atoms with Gasteiger partial charge in [0, 0.05) is 36.3 Å². The predicted molar refractivity (Wildman–Crippen MR) is 115 cm³/mol. The van der Waals surface area contributed by atoms with Crippen LogP contribution in [0.4, 0.5) is 10.5 Å². The van der Waals surface area contributed by atoms with Crippen LogP contribution in [0.5, 0.6) is 0 Å². The molecule has 1 heterocycles. The number of rotatable bonds is 4. The number of benzene rings is 1. The maximum atomic E-state index is 12.7. The van der Waals surface area contributed by atoms with E-state index in [0.717, 1.165) is 22.4 Å². The van der Waals surface area contributed by atoms with Crippen molar-refractivity contribution in [2.45, 2.75) is 45.6 Å². The maximum absolute atomic E-state index is 12.7. The Labute approximate surface area is 169 Å². The number of carbonyl (C=O) groups is 2. The van der Waals surface area contributed by atoms with E-state index in [1.165, 1.54) is 11.1 Å². The number of aryl methyl sites for hydroxylation is 1. The molecule has 2 rings (SSSR count). The summed E-state index contributed by atoms with van der Waals surface area (Å²) >= 11 is 2.24. The Morgan fingerprint density at radius 3 is 2.69 bits per heavy atom. The van der Waals surface area contributed by atoms with Crippen molar-refractivity contribution in [3.8, 4) is 0 Å². The lowest BCUT2D eigenvalue weighted by molar-refractivity contribution is -0.123. The molecular formula is C18H25IN3O3P. The SMILES string of the molecule is Cc1cc(C=N)c(NPI)cc1C1CCN(C(=O)OC(C)(C)C)CC1=O. The second kappa shape index (κ2) is 8.65. The van der Waals surface area contributed by atoms with Gasteiger partial charge in [0.25, 0.3) is 0 Å². The first-order valence-electron chi connectivity index (χ1n) is 8.43. The molecule has 1 aromatic rings. The van der Waals surface area contributed by atoms with Gasteiger partial charge in [0.1, 0.15) is 5.60 Å². The monoisotopic (exact) mass is 489 g/mol. The molecule has 8 heteroatoms. The van der Waals surface area contributed by atoms with Crippen molar-refractivity contribution >= 4 is 52.2 Å². The van der Waals surface area contributed by atoms with Gasteiger partial charge in [-0.25, -0.2) is 4.79 Å². The number of likely N-dealkylation sites (tertiary alicyclic amines) is 1. The summed E-state index contributed by atoms with van der Waals surface area (Å²) in [6.07, 6.45) is 1.94. The Morgan fingerprint density at radius 2 is 2.15 bits per heavy atom. The topological polar surface area (TPSA) is 82.5 Å². The molecule has 2 atom stereocenters. The Hall–Kier alpha value is -1.21. The normalized spacial score (nSPS) is 18.3. The number of carbonyl (C=O) groups excluding carboxylic acids is 2. The van der Waals surface area contributed by atoms with Gasteiger partial charge in [-0.15, -0.1) is 0 Å². The molecule has 6 nitrogen and oxygen atoms in total. The zero-order valence-electron chi connectivity index (χ0n) is 15.5. The smallest absolute Gasteiger partial charge is 0.410 e. The molecule has 142 valence electrons. The van der Waals surface area contributed by atoms with E-state index in [9.17, 15) is 9.59 Å². The number of hydrogen-bond donors (Lipinski definition) is 2. The molecule has 0 bridgehead atoms. The van der Waals surface area contributed by atoms with Crippen molar-refractivity contribution in [3.05, 3.63) is 28.8 Å². The van der Waals surface area contributed by atoms with Crippen molar-refractivity contribution in [1.82, 2.24) is 4.90 Å². The Morgan fingerprint density at radius 1 is 1.46 bits per heavy atom. The van der Waals surface area contributed by atoms with Crippen molar-refractivity contribution < 1.29 is 14.3 Å². The van der Waals surface area contributed by atoms with Gasteiger partial charge in [0.05, 0.1) is 6.54 Å². The van der Waals surface area contributed by atoms with Gasteiger partial charge in [-0.1, -0.05) is 0 Å². The Kier molecular flexibility index (Phi) is 7.02. The minimum atomic E-state index is -0.572. The lowest BCUT2D eigenvalue weighted by Gasteiger charge is -2.33. The van der Waals surface area contributed by atoms with E-state index in [-0.39, 0.29) is 18.2 Å². The molecule has 1 saturated heterocycles. The number of piperidine rings is 1. The zero-order chi connectivity index (χ0) is 19.5.